The second-order valence-electron chi connectivity index (χ2n) is 7.68. The Hall–Kier alpha value is -2.24. The highest BCUT2D eigenvalue weighted by Gasteiger charge is 2.20. The van der Waals surface area contributed by atoms with Gasteiger partial charge >= 0.3 is 0 Å². The molecule has 1 aliphatic heterocycles. The number of hydrogen-bond acceptors (Lipinski definition) is 6. The van der Waals surface area contributed by atoms with Gasteiger partial charge in [0.25, 0.3) is 0 Å². The van der Waals surface area contributed by atoms with E-state index in [9.17, 15) is 0 Å². The summed E-state index contributed by atoms with van der Waals surface area (Å²) in [5.41, 5.74) is 0.899. The number of methoxy groups -OCH3 is 2. The van der Waals surface area contributed by atoms with Gasteiger partial charge in [0.1, 0.15) is 5.82 Å². The van der Waals surface area contributed by atoms with E-state index in [4.69, 9.17) is 19.4 Å². The number of rotatable bonds is 6. The lowest BCUT2D eigenvalue weighted by molar-refractivity contribution is 0.355. The van der Waals surface area contributed by atoms with Crippen molar-refractivity contribution in [3.63, 3.8) is 0 Å². The summed E-state index contributed by atoms with van der Waals surface area (Å²) in [5, 5.41) is 4.63. The van der Waals surface area contributed by atoms with E-state index in [0.29, 0.717) is 11.5 Å². The van der Waals surface area contributed by atoms with Crippen LogP contribution in [0, 0.1) is 5.92 Å². The molecule has 0 radical (unpaired) electrons. The van der Waals surface area contributed by atoms with E-state index in [0.717, 1.165) is 48.2 Å². The van der Waals surface area contributed by atoms with Gasteiger partial charge in [0, 0.05) is 31.1 Å². The largest absolute Gasteiger partial charge is 0.493 e. The molecule has 146 valence electrons. The fraction of sp³-hybridized carbons (Fsp3) is 0.619. The molecular formula is C21H30N4O2. The zero-order valence-corrected chi connectivity index (χ0v) is 16.5. The van der Waals surface area contributed by atoms with Crippen LogP contribution in [0.3, 0.4) is 0 Å². The van der Waals surface area contributed by atoms with E-state index in [2.05, 4.69) is 10.2 Å². The highest BCUT2D eigenvalue weighted by molar-refractivity contribution is 5.92. The number of nitrogens with one attached hydrogen (secondary N) is 1. The molecule has 4 rings (SSSR count). The SMILES string of the molecule is COc1cc2nc(N3CCCC3)nc(NCC3CCCCC3)c2cc1OC. The molecule has 27 heavy (non-hydrogen) atoms. The molecule has 0 unspecified atom stereocenters. The van der Waals surface area contributed by atoms with Crippen LogP contribution in [0.2, 0.25) is 0 Å². The third-order valence-corrected chi connectivity index (χ3v) is 5.86. The minimum absolute atomic E-state index is 0.703. The van der Waals surface area contributed by atoms with Crippen LogP contribution < -0.4 is 19.7 Å². The average Bonchev–Trinajstić information content (AvgIpc) is 3.26. The van der Waals surface area contributed by atoms with Crippen molar-refractivity contribution in [2.75, 3.05) is 44.1 Å². The maximum absolute atomic E-state index is 5.51. The summed E-state index contributed by atoms with van der Waals surface area (Å²) in [6.45, 7) is 3.03. The molecule has 2 fully saturated rings. The Labute approximate surface area is 161 Å². The molecule has 6 nitrogen and oxygen atoms in total. The Kier molecular flexibility index (Phi) is 5.50. The molecule has 0 amide bonds. The van der Waals surface area contributed by atoms with E-state index < -0.39 is 0 Å². The van der Waals surface area contributed by atoms with E-state index in [-0.39, 0.29) is 0 Å². The van der Waals surface area contributed by atoms with Gasteiger partial charge in [-0.25, -0.2) is 4.98 Å². The van der Waals surface area contributed by atoms with Gasteiger partial charge in [0.15, 0.2) is 11.5 Å². The van der Waals surface area contributed by atoms with Crippen molar-refractivity contribution in [3.8, 4) is 11.5 Å². The Morgan fingerprint density at radius 2 is 1.67 bits per heavy atom. The van der Waals surface area contributed by atoms with E-state index >= 15 is 0 Å². The molecule has 1 saturated carbocycles. The van der Waals surface area contributed by atoms with Gasteiger partial charge in [-0.15, -0.1) is 0 Å². The van der Waals surface area contributed by atoms with Gasteiger partial charge in [-0.05, 0) is 37.7 Å². The summed E-state index contributed by atoms with van der Waals surface area (Å²) < 4.78 is 11.0. The van der Waals surface area contributed by atoms with Crippen LogP contribution >= 0.6 is 0 Å². The van der Waals surface area contributed by atoms with Gasteiger partial charge in [-0.3, -0.25) is 0 Å². The lowest BCUT2D eigenvalue weighted by Crippen LogP contribution is -2.22. The van der Waals surface area contributed by atoms with Crippen molar-refractivity contribution in [1.29, 1.82) is 0 Å². The second kappa shape index (κ2) is 8.19. The molecule has 1 aliphatic carbocycles. The number of anilines is 2. The first-order chi connectivity index (χ1) is 13.3. The zero-order chi connectivity index (χ0) is 18.6. The number of fused-ring (bicyclic) bond motifs is 1. The average molecular weight is 370 g/mol. The van der Waals surface area contributed by atoms with Crippen molar-refractivity contribution >= 4 is 22.7 Å². The summed E-state index contributed by atoms with van der Waals surface area (Å²) in [6.07, 6.45) is 9.11. The molecule has 0 bridgehead atoms. The monoisotopic (exact) mass is 370 g/mol. The van der Waals surface area contributed by atoms with Crippen LogP contribution in [0.4, 0.5) is 11.8 Å². The number of nitrogens with zero attached hydrogens (tertiary/aromatic N) is 3. The molecule has 0 atom stereocenters. The van der Waals surface area contributed by atoms with Crippen molar-refractivity contribution in [2.45, 2.75) is 44.9 Å². The van der Waals surface area contributed by atoms with E-state index in [1.54, 1.807) is 14.2 Å². The highest BCUT2D eigenvalue weighted by Crippen LogP contribution is 2.35. The van der Waals surface area contributed by atoms with Crippen LogP contribution in [-0.2, 0) is 0 Å². The van der Waals surface area contributed by atoms with E-state index in [1.165, 1.54) is 44.9 Å². The standard InChI is InChI=1S/C21H30N4O2/c1-26-18-12-16-17(13-19(18)27-2)23-21(25-10-6-7-11-25)24-20(16)22-14-15-8-4-3-5-9-15/h12-13,15H,3-11,14H2,1-2H3,(H,22,23,24). The maximum atomic E-state index is 5.51. The Morgan fingerprint density at radius 1 is 0.963 bits per heavy atom. The van der Waals surface area contributed by atoms with Crippen LogP contribution in [-0.4, -0.2) is 43.8 Å². The second-order valence-corrected chi connectivity index (χ2v) is 7.68. The lowest BCUT2D eigenvalue weighted by Gasteiger charge is -2.23. The van der Waals surface area contributed by atoms with Gasteiger partial charge in [0.05, 0.1) is 19.7 Å². The third-order valence-electron chi connectivity index (χ3n) is 5.86. The van der Waals surface area contributed by atoms with Gasteiger partial charge < -0.3 is 19.7 Å². The number of benzene rings is 1. The topological polar surface area (TPSA) is 59.5 Å². The molecule has 1 N–H and O–H groups in total. The van der Waals surface area contributed by atoms with Crippen molar-refractivity contribution in [2.24, 2.45) is 5.92 Å². The molecule has 1 aromatic carbocycles. The normalized spacial score (nSPS) is 18.1. The van der Waals surface area contributed by atoms with Crippen molar-refractivity contribution in [1.82, 2.24) is 9.97 Å². The molecule has 2 heterocycles. The minimum Gasteiger partial charge on any atom is -0.493 e. The molecule has 0 spiro atoms. The number of ether oxygens (including phenoxy) is 2. The first-order valence-electron chi connectivity index (χ1n) is 10.2. The predicted molar refractivity (Wildman–Crippen MR) is 109 cm³/mol. The van der Waals surface area contributed by atoms with Crippen molar-refractivity contribution < 1.29 is 9.47 Å². The smallest absolute Gasteiger partial charge is 0.227 e. The molecule has 6 heteroatoms. The van der Waals surface area contributed by atoms with Gasteiger partial charge in [-0.1, -0.05) is 19.3 Å². The number of hydrogen-bond donors (Lipinski definition) is 1. The summed E-state index contributed by atoms with van der Waals surface area (Å²) in [4.78, 5) is 12.0. The lowest BCUT2D eigenvalue weighted by atomic mass is 9.89. The number of aromatic nitrogens is 2. The molecule has 2 aromatic rings. The van der Waals surface area contributed by atoms with Gasteiger partial charge in [-0.2, -0.15) is 4.98 Å². The summed E-state index contributed by atoms with van der Waals surface area (Å²) in [7, 11) is 3.33. The first kappa shape index (κ1) is 18.1. The molecule has 1 saturated heterocycles. The zero-order valence-electron chi connectivity index (χ0n) is 16.5. The van der Waals surface area contributed by atoms with Crippen LogP contribution in [0.25, 0.3) is 10.9 Å². The highest BCUT2D eigenvalue weighted by atomic mass is 16.5. The Balaban J connectivity index is 1.70. The Morgan fingerprint density at radius 3 is 2.37 bits per heavy atom. The van der Waals surface area contributed by atoms with Crippen molar-refractivity contribution in [3.05, 3.63) is 12.1 Å². The predicted octanol–water partition coefficient (Wildman–Crippen LogP) is 4.24. The molecular weight excluding hydrogens is 340 g/mol. The minimum atomic E-state index is 0.703. The molecule has 1 aromatic heterocycles. The third kappa shape index (κ3) is 3.89. The van der Waals surface area contributed by atoms with Crippen LogP contribution in [0.15, 0.2) is 12.1 Å². The Bertz CT molecular complexity index is 783. The van der Waals surface area contributed by atoms with Crippen LogP contribution in [0.1, 0.15) is 44.9 Å². The fourth-order valence-corrected chi connectivity index (χ4v) is 4.27. The first-order valence-corrected chi connectivity index (χ1v) is 10.2. The summed E-state index contributed by atoms with van der Waals surface area (Å²) >= 11 is 0. The summed E-state index contributed by atoms with van der Waals surface area (Å²) in [6, 6.07) is 3.95. The van der Waals surface area contributed by atoms with E-state index in [1.807, 2.05) is 12.1 Å². The quantitative estimate of drug-likeness (QED) is 0.821. The molecule has 2 aliphatic rings. The summed E-state index contributed by atoms with van der Waals surface area (Å²) in [5.74, 6) is 3.88. The van der Waals surface area contributed by atoms with Crippen LogP contribution in [0.5, 0.6) is 11.5 Å². The fourth-order valence-electron chi connectivity index (χ4n) is 4.27. The van der Waals surface area contributed by atoms with Gasteiger partial charge in [0.2, 0.25) is 5.95 Å². The maximum Gasteiger partial charge on any atom is 0.227 e.